The molecule has 0 aromatic heterocycles. The minimum absolute atomic E-state index is 0.267. The van der Waals surface area contributed by atoms with E-state index in [2.05, 4.69) is 28.2 Å². The molecule has 1 amide bonds. The van der Waals surface area contributed by atoms with Crippen LogP contribution in [0.3, 0.4) is 0 Å². The molecule has 92 valence electrons. The first-order valence-electron chi connectivity index (χ1n) is 5.58. The summed E-state index contributed by atoms with van der Waals surface area (Å²) in [6.45, 7) is 3.96. The summed E-state index contributed by atoms with van der Waals surface area (Å²) in [5.74, 6) is 2.99. The molecule has 1 aromatic carbocycles. The van der Waals surface area contributed by atoms with E-state index in [0.717, 1.165) is 5.56 Å². The smallest absolute Gasteiger partial charge is 0.445 e. The molecule has 0 aliphatic carbocycles. The fourth-order valence-corrected chi connectivity index (χ4v) is 2.23. The molecule has 0 bridgehead atoms. The predicted octanol–water partition coefficient (Wildman–Crippen LogP) is 2.67. The second kappa shape index (κ2) is 7.67. The van der Waals surface area contributed by atoms with Gasteiger partial charge in [-0.1, -0.05) is 30.3 Å². The number of hydrogen-bond acceptors (Lipinski definition) is 2. The van der Waals surface area contributed by atoms with E-state index >= 15 is 0 Å². The number of rotatable bonds is 3. The summed E-state index contributed by atoms with van der Waals surface area (Å²) in [6, 6.07) is 9.56. The van der Waals surface area contributed by atoms with Gasteiger partial charge in [0.05, 0.1) is 5.54 Å². The number of carbonyl (C=O) groups excluding carboxylic acids is 1. The monoisotopic (exact) mass is 319 g/mol. The van der Waals surface area contributed by atoms with E-state index in [0.29, 0.717) is 0 Å². The lowest BCUT2D eigenvalue weighted by molar-refractivity contribution is 0.134. The largest absolute Gasteiger partial charge is 0.569 e. The molecule has 1 rings (SSSR count). The van der Waals surface area contributed by atoms with Crippen LogP contribution in [0, 0.1) is 9.97 Å². The van der Waals surface area contributed by atoms with Gasteiger partial charge in [-0.25, -0.2) is 8.84 Å². The quantitative estimate of drug-likeness (QED) is 0.687. The Kier molecular flexibility index (Phi) is 6.54. The van der Waals surface area contributed by atoms with Gasteiger partial charge in [-0.15, -0.1) is 5.92 Å². The highest BCUT2D eigenvalue weighted by Crippen LogP contribution is 2.03. The van der Waals surface area contributed by atoms with E-state index < -0.39 is 29.8 Å². The van der Waals surface area contributed by atoms with Crippen LogP contribution >= 0.6 is 12.9 Å². The molecule has 0 saturated heterocycles. The van der Waals surface area contributed by atoms with Crippen LogP contribution in [0.5, 0.6) is 0 Å². The molecule has 0 aliphatic rings. The van der Waals surface area contributed by atoms with Gasteiger partial charge in [0.1, 0.15) is 6.61 Å². The highest BCUT2D eigenvalue weighted by molar-refractivity contribution is 9.23. The topological polar surface area (TPSA) is 38.3 Å². The summed E-state index contributed by atoms with van der Waals surface area (Å²) in [5.41, 5.74) is 0.401. The number of carbonyl (C=O) groups is 1. The first-order valence-corrected chi connectivity index (χ1v) is 10.2. The normalized spacial score (nSPS) is 9.72. The second-order valence-corrected chi connectivity index (χ2v) is 6.55. The highest BCUT2D eigenvalue weighted by atomic mass is 79.9. The lowest BCUT2D eigenvalue weighted by Gasteiger charge is -2.19. The fraction of sp³-hybridized carbons (Fsp3) is 0.308. The number of halogens is 1. The lowest BCUT2D eigenvalue weighted by Crippen LogP contribution is -2.42. The Labute approximate surface area is 123 Å². The number of ether oxygens (including phenoxy) is 1. The molecule has 0 radical (unpaired) electrons. The molecule has 5 heteroatoms. The van der Waals surface area contributed by atoms with E-state index in [1.165, 1.54) is 0 Å². The first-order chi connectivity index (χ1) is 8.53. The van der Waals surface area contributed by atoms with Crippen molar-refractivity contribution in [2.45, 2.75) is 26.0 Å². The molecule has 0 aliphatic heterocycles. The summed E-state index contributed by atoms with van der Waals surface area (Å²) < 4.78 is 8.13. The van der Waals surface area contributed by atoms with Crippen molar-refractivity contribution in [2.75, 3.05) is 0 Å². The van der Waals surface area contributed by atoms with Crippen molar-refractivity contribution in [1.82, 2.24) is 5.32 Å². The van der Waals surface area contributed by atoms with Crippen molar-refractivity contribution < 1.29 is 9.53 Å². The van der Waals surface area contributed by atoms with Gasteiger partial charge in [0.15, 0.2) is 0 Å². The third kappa shape index (κ3) is 6.29. The highest BCUT2D eigenvalue weighted by Gasteiger charge is 2.17. The Morgan fingerprint density at radius 1 is 1.44 bits per heavy atom. The van der Waals surface area contributed by atoms with Gasteiger partial charge in [0.2, 0.25) is 0 Å². The first kappa shape index (κ1) is 15.4. The summed E-state index contributed by atoms with van der Waals surface area (Å²) >= 11 is 2.86. The van der Waals surface area contributed by atoms with Crippen molar-refractivity contribution in [2.24, 2.45) is 0 Å². The van der Waals surface area contributed by atoms with Crippen molar-refractivity contribution in [1.29, 1.82) is 0 Å². The van der Waals surface area contributed by atoms with Crippen molar-refractivity contribution in [3.8, 4) is 9.97 Å². The molecule has 18 heavy (non-hydrogen) atoms. The van der Waals surface area contributed by atoms with Crippen molar-refractivity contribution in [3.63, 3.8) is 0 Å². The second-order valence-electron chi connectivity index (χ2n) is 4.25. The molecule has 0 saturated carbocycles. The zero-order valence-electron chi connectivity index (χ0n) is 10.5. The molecule has 0 heterocycles. The standard InChI is InChI=1S/C13H14NO2.BrH.Mg/c1-4-13(2,3)14-12(15)16-10-11-8-6-5-7-9-11;;/h5-9H,10H2,2-3H3,(H,14,15);1H;/q;;+1/p-1. The van der Waals surface area contributed by atoms with Crippen molar-refractivity contribution >= 4 is 37.2 Å². The van der Waals surface area contributed by atoms with E-state index in [9.17, 15) is 4.79 Å². The molecule has 0 unspecified atom stereocenters. The summed E-state index contributed by atoms with van der Waals surface area (Å²) in [5, 5.41) is 2.73. The number of benzene rings is 1. The van der Waals surface area contributed by atoms with Crippen molar-refractivity contribution in [3.05, 3.63) is 35.9 Å². The number of nitrogens with one attached hydrogen (secondary N) is 1. The third-order valence-electron chi connectivity index (χ3n) is 2.10. The van der Waals surface area contributed by atoms with Gasteiger partial charge in [-0.05, 0) is 19.4 Å². The number of alkyl carbamates (subject to hydrolysis) is 1. The van der Waals surface area contributed by atoms with E-state index in [1.54, 1.807) is 0 Å². The molecule has 1 N–H and O–H groups in total. The minimum Gasteiger partial charge on any atom is -0.445 e. The Morgan fingerprint density at radius 3 is 2.72 bits per heavy atom. The third-order valence-corrected chi connectivity index (χ3v) is 3.25. The summed E-state index contributed by atoms with van der Waals surface area (Å²) in [7, 11) is 0. The molecule has 1 aromatic rings. The van der Waals surface area contributed by atoms with Gasteiger partial charge >= 0.3 is 24.3 Å². The van der Waals surface area contributed by atoms with Gasteiger partial charge in [0.25, 0.3) is 0 Å². The minimum atomic E-state index is -0.561. The molecule has 3 nitrogen and oxygen atoms in total. The Morgan fingerprint density at radius 2 is 2.11 bits per heavy atom. The molecule has 0 fully saturated rings. The zero-order chi connectivity index (χ0) is 13.4. The maximum atomic E-state index is 11.6. The van der Waals surface area contributed by atoms with Gasteiger partial charge < -0.3 is 10.1 Å². The Balaban J connectivity index is 2.43. The van der Waals surface area contributed by atoms with Gasteiger partial charge in [-0.2, -0.15) is 0 Å². The van der Waals surface area contributed by atoms with Crippen LogP contribution in [0.25, 0.3) is 0 Å². The van der Waals surface area contributed by atoms with Gasteiger partial charge in [0, 0.05) is 0 Å². The maximum absolute atomic E-state index is 11.6. The average molecular weight is 320 g/mol. The number of amides is 1. The Hall–Kier alpha value is -0.704. The van der Waals surface area contributed by atoms with Gasteiger partial charge in [-0.3, -0.25) is 12.9 Å². The van der Waals surface area contributed by atoms with Crippen LogP contribution in [0.1, 0.15) is 19.4 Å². The predicted molar refractivity (Wildman–Crippen MR) is 76.3 cm³/mol. The molecule has 0 spiro atoms. The summed E-state index contributed by atoms with van der Waals surface area (Å²) in [6.07, 6.45) is -0.450. The van der Waals surface area contributed by atoms with E-state index in [1.807, 2.05) is 44.2 Å². The zero-order valence-corrected chi connectivity index (χ0v) is 13.5. The lowest BCUT2D eigenvalue weighted by atomic mass is 10.1. The SMILES string of the molecule is CC(C)(C#[C][Mg][Br])NC(=O)OCc1ccccc1. The maximum Gasteiger partial charge on any atom is 0.569 e. The summed E-state index contributed by atoms with van der Waals surface area (Å²) in [4.78, 5) is 11.6. The van der Waals surface area contributed by atoms with E-state index in [4.69, 9.17) is 4.74 Å². The van der Waals surface area contributed by atoms with Crippen LogP contribution in [0.2, 0.25) is 0 Å². The fourth-order valence-electron chi connectivity index (χ4n) is 1.30. The van der Waals surface area contributed by atoms with E-state index in [-0.39, 0.29) is 6.61 Å². The van der Waals surface area contributed by atoms with Crippen LogP contribution in [0.15, 0.2) is 30.3 Å². The molecule has 0 atom stereocenters. The Bertz CT molecular complexity index is 451. The molecular formula is C13H14BrMgNO2. The van der Waals surface area contributed by atoms with Crippen LogP contribution in [-0.4, -0.2) is 29.8 Å². The number of hydrogen-bond donors (Lipinski definition) is 1. The average Bonchev–Trinajstić information content (AvgIpc) is 2.35. The van der Waals surface area contributed by atoms with Crippen LogP contribution < -0.4 is 5.32 Å². The van der Waals surface area contributed by atoms with Crippen LogP contribution in [-0.2, 0) is 11.3 Å². The molecular weight excluding hydrogens is 306 g/mol. The van der Waals surface area contributed by atoms with Crippen LogP contribution in [0.4, 0.5) is 4.79 Å².